The average molecular weight is 426 g/mol. The van der Waals surface area contributed by atoms with Gasteiger partial charge < -0.3 is 14.8 Å². The molecule has 0 aromatic heterocycles. The number of halogens is 1. The van der Waals surface area contributed by atoms with Gasteiger partial charge in [0.15, 0.2) is 0 Å². The summed E-state index contributed by atoms with van der Waals surface area (Å²) in [6.07, 6.45) is 0. The minimum atomic E-state index is -1.20. The van der Waals surface area contributed by atoms with Crippen LogP contribution in [0.1, 0.15) is 17.0 Å². The lowest BCUT2D eigenvalue weighted by atomic mass is 9.78. The van der Waals surface area contributed by atoms with Gasteiger partial charge >= 0.3 is 5.97 Å². The Labute approximate surface area is 177 Å². The summed E-state index contributed by atoms with van der Waals surface area (Å²) in [5, 5.41) is 12.9. The molecule has 0 saturated heterocycles. The highest BCUT2D eigenvalue weighted by Gasteiger charge is 2.44. The van der Waals surface area contributed by atoms with Gasteiger partial charge in [-0.2, -0.15) is 5.26 Å². The lowest BCUT2D eigenvalue weighted by molar-refractivity contribution is -0.150. The van der Waals surface area contributed by atoms with Crippen molar-refractivity contribution in [1.82, 2.24) is 5.32 Å². The van der Waals surface area contributed by atoms with Gasteiger partial charge in [-0.15, -0.1) is 11.8 Å². The summed E-state index contributed by atoms with van der Waals surface area (Å²) in [6, 6.07) is 15.0. The monoisotopic (exact) mass is 426 g/mol. The summed E-state index contributed by atoms with van der Waals surface area (Å²) in [5.41, 5.74) is 1.56. The lowest BCUT2D eigenvalue weighted by Crippen LogP contribution is -2.44. The van der Waals surface area contributed by atoms with E-state index in [1.54, 1.807) is 36.4 Å². The van der Waals surface area contributed by atoms with Gasteiger partial charge in [0.1, 0.15) is 17.5 Å². The SMILES string of the molecule is COC(=O)C1C(=O)NC(SCc2cccc(F)c2)=C(C#N)C1c1ccc(OC)cc1. The molecule has 0 fully saturated rings. The van der Waals surface area contributed by atoms with Gasteiger partial charge in [0.2, 0.25) is 5.91 Å². The van der Waals surface area contributed by atoms with E-state index in [9.17, 15) is 19.2 Å². The van der Waals surface area contributed by atoms with Crippen molar-refractivity contribution in [2.24, 2.45) is 5.92 Å². The zero-order valence-electron chi connectivity index (χ0n) is 16.3. The molecule has 0 spiro atoms. The van der Waals surface area contributed by atoms with E-state index in [2.05, 4.69) is 11.4 Å². The molecule has 8 heteroatoms. The van der Waals surface area contributed by atoms with Gasteiger partial charge in [-0.05, 0) is 35.4 Å². The summed E-state index contributed by atoms with van der Waals surface area (Å²) < 4.78 is 23.4. The van der Waals surface area contributed by atoms with Gasteiger partial charge in [0.25, 0.3) is 0 Å². The van der Waals surface area contributed by atoms with Crippen molar-refractivity contribution in [3.63, 3.8) is 0 Å². The van der Waals surface area contributed by atoms with E-state index in [-0.39, 0.29) is 11.4 Å². The van der Waals surface area contributed by atoms with E-state index in [0.29, 0.717) is 27.7 Å². The number of carbonyl (C=O) groups is 2. The maximum absolute atomic E-state index is 13.5. The molecule has 2 unspecified atom stereocenters. The third-order valence-corrected chi connectivity index (χ3v) is 5.82. The van der Waals surface area contributed by atoms with Crippen molar-refractivity contribution >= 4 is 23.6 Å². The number of rotatable bonds is 6. The molecule has 30 heavy (non-hydrogen) atoms. The fourth-order valence-electron chi connectivity index (χ4n) is 3.27. The second kappa shape index (κ2) is 9.46. The van der Waals surface area contributed by atoms with E-state index in [4.69, 9.17) is 9.47 Å². The van der Waals surface area contributed by atoms with Crippen LogP contribution in [-0.2, 0) is 20.1 Å². The van der Waals surface area contributed by atoms with E-state index in [1.165, 1.54) is 38.1 Å². The maximum atomic E-state index is 13.5. The number of carbonyl (C=O) groups excluding carboxylic acids is 2. The third-order valence-electron chi connectivity index (χ3n) is 4.73. The second-order valence-corrected chi connectivity index (χ2v) is 7.50. The molecule has 0 radical (unpaired) electrons. The van der Waals surface area contributed by atoms with Crippen LogP contribution in [-0.4, -0.2) is 26.1 Å². The maximum Gasteiger partial charge on any atom is 0.319 e. The number of amides is 1. The first-order chi connectivity index (χ1) is 14.5. The topological polar surface area (TPSA) is 88.4 Å². The quantitative estimate of drug-likeness (QED) is 0.562. The number of benzene rings is 2. The van der Waals surface area contributed by atoms with E-state index < -0.39 is 23.7 Å². The normalized spacial score (nSPS) is 18.4. The second-order valence-electron chi connectivity index (χ2n) is 6.51. The molecule has 1 N–H and O–H groups in total. The molecule has 2 aromatic rings. The number of hydrogen-bond donors (Lipinski definition) is 1. The number of thioether (sulfide) groups is 1. The number of ether oxygens (including phenoxy) is 2. The van der Waals surface area contributed by atoms with Crippen LogP contribution < -0.4 is 10.1 Å². The minimum absolute atomic E-state index is 0.247. The first kappa shape index (κ1) is 21.4. The zero-order chi connectivity index (χ0) is 21.7. The van der Waals surface area contributed by atoms with Crippen LogP contribution >= 0.6 is 11.8 Å². The van der Waals surface area contributed by atoms with Crippen molar-refractivity contribution in [3.8, 4) is 11.8 Å². The highest BCUT2D eigenvalue weighted by Crippen LogP contribution is 2.41. The zero-order valence-corrected chi connectivity index (χ0v) is 17.2. The molecule has 1 aliphatic heterocycles. The molecule has 1 amide bonds. The summed E-state index contributed by atoms with van der Waals surface area (Å²) >= 11 is 1.20. The summed E-state index contributed by atoms with van der Waals surface area (Å²) in [4.78, 5) is 25.2. The number of hydrogen-bond acceptors (Lipinski definition) is 6. The predicted molar refractivity (Wildman–Crippen MR) is 110 cm³/mol. The summed E-state index contributed by atoms with van der Waals surface area (Å²) in [5.74, 6) is -2.70. The van der Waals surface area contributed by atoms with Crippen LogP contribution in [0.2, 0.25) is 0 Å². The Bertz CT molecular complexity index is 1030. The molecule has 6 nitrogen and oxygen atoms in total. The number of nitrogens with one attached hydrogen (secondary N) is 1. The van der Waals surface area contributed by atoms with Crippen LogP contribution in [0.15, 0.2) is 59.1 Å². The fourth-order valence-corrected chi connectivity index (χ4v) is 4.26. The van der Waals surface area contributed by atoms with Gasteiger partial charge in [0.05, 0.1) is 30.9 Å². The fraction of sp³-hybridized carbons (Fsp3) is 0.227. The molecule has 2 aromatic carbocycles. The Hall–Kier alpha value is -3.31. The molecule has 2 atom stereocenters. The van der Waals surface area contributed by atoms with Crippen molar-refractivity contribution in [3.05, 3.63) is 76.1 Å². The molecular weight excluding hydrogens is 407 g/mol. The minimum Gasteiger partial charge on any atom is -0.497 e. The molecule has 3 rings (SSSR count). The van der Waals surface area contributed by atoms with Crippen LogP contribution in [0, 0.1) is 23.1 Å². The van der Waals surface area contributed by atoms with Crippen LogP contribution in [0.4, 0.5) is 4.39 Å². The summed E-state index contributed by atoms with van der Waals surface area (Å²) in [7, 11) is 2.73. The first-order valence-corrected chi connectivity index (χ1v) is 10.0. The Morgan fingerprint density at radius 1 is 1.23 bits per heavy atom. The highest BCUT2D eigenvalue weighted by atomic mass is 32.2. The van der Waals surface area contributed by atoms with Gasteiger partial charge in [-0.3, -0.25) is 9.59 Å². The lowest BCUT2D eigenvalue weighted by Gasteiger charge is -2.31. The molecule has 1 heterocycles. The van der Waals surface area contributed by atoms with Crippen molar-refractivity contribution in [1.29, 1.82) is 5.26 Å². The largest absolute Gasteiger partial charge is 0.497 e. The van der Waals surface area contributed by atoms with Crippen molar-refractivity contribution in [2.45, 2.75) is 11.7 Å². The van der Waals surface area contributed by atoms with Crippen LogP contribution in [0.3, 0.4) is 0 Å². The number of nitrogens with zero attached hydrogens (tertiary/aromatic N) is 1. The Balaban J connectivity index is 2.01. The predicted octanol–water partition coefficient (Wildman–Crippen LogP) is 3.51. The number of allylic oxidation sites excluding steroid dienone is 1. The molecule has 0 bridgehead atoms. The van der Waals surface area contributed by atoms with E-state index in [1.807, 2.05) is 0 Å². The van der Waals surface area contributed by atoms with Crippen LogP contribution in [0.25, 0.3) is 0 Å². The summed E-state index contributed by atoms with van der Waals surface area (Å²) in [6.45, 7) is 0. The molecule has 1 aliphatic rings. The van der Waals surface area contributed by atoms with Gasteiger partial charge in [0, 0.05) is 11.7 Å². The Morgan fingerprint density at radius 3 is 2.57 bits per heavy atom. The number of methoxy groups -OCH3 is 2. The smallest absolute Gasteiger partial charge is 0.319 e. The number of nitriles is 1. The Morgan fingerprint density at radius 2 is 1.97 bits per heavy atom. The number of esters is 1. The van der Waals surface area contributed by atoms with Crippen LogP contribution in [0.5, 0.6) is 5.75 Å². The average Bonchev–Trinajstić information content (AvgIpc) is 2.76. The molecule has 0 saturated carbocycles. The van der Waals surface area contributed by atoms with Gasteiger partial charge in [-0.25, -0.2) is 4.39 Å². The van der Waals surface area contributed by atoms with E-state index >= 15 is 0 Å². The molecule has 0 aliphatic carbocycles. The first-order valence-electron chi connectivity index (χ1n) is 9.02. The molecular formula is C22H19FN2O4S. The van der Waals surface area contributed by atoms with Crippen molar-refractivity contribution < 1.29 is 23.5 Å². The Kier molecular flexibility index (Phi) is 6.75. The highest BCUT2D eigenvalue weighted by molar-refractivity contribution is 8.02. The standard InChI is InChI=1S/C22H19FN2O4S/c1-28-16-8-6-14(7-9-16)18-17(11-24)21(25-20(26)19(18)22(27)29-2)30-12-13-4-3-5-15(23)10-13/h3-10,18-19H,12H2,1-2H3,(H,25,26). The van der Waals surface area contributed by atoms with E-state index in [0.717, 1.165) is 0 Å². The van der Waals surface area contributed by atoms with Gasteiger partial charge in [-0.1, -0.05) is 24.3 Å². The third kappa shape index (κ3) is 4.47. The molecule has 154 valence electrons. The van der Waals surface area contributed by atoms with Crippen molar-refractivity contribution in [2.75, 3.05) is 14.2 Å².